The first-order valence-electron chi connectivity index (χ1n) is 9.67. The average molecular weight is 404 g/mol. The first kappa shape index (κ1) is 18.0. The number of aromatic nitrogens is 1. The number of nitrogens with zero attached hydrogens (tertiary/aromatic N) is 5. The lowest BCUT2D eigenvalue weighted by molar-refractivity contribution is 0.298. The molecule has 4 heterocycles. The number of rotatable bonds is 0. The molecule has 2 unspecified atom stereocenters. The van der Waals surface area contributed by atoms with Gasteiger partial charge in [0.1, 0.15) is 25.4 Å². The number of thiocarbonyl (C=S) groups is 1. The molecule has 2 aromatic rings. The second-order valence-corrected chi connectivity index (χ2v) is 7.85. The van der Waals surface area contributed by atoms with Crippen LogP contribution >= 0.6 is 12.2 Å². The maximum absolute atomic E-state index is 5.67. The molecule has 3 aliphatic rings. The molecule has 0 aliphatic carbocycles. The number of aliphatic imine (C=N–C) groups is 3. The molecule has 0 spiro atoms. The molecule has 1 aromatic carbocycles. The summed E-state index contributed by atoms with van der Waals surface area (Å²) >= 11 is 5.67. The van der Waals surface area contributed by atoms with Gasteiger partial charge in [0.2, 0.25) is 0 Å². The van der Waals surface area contributed by atoms with Gasteiger partial charge in [-0.15, -0.1) is 0 Å². The maximum Gasteiger partial charge on any atom is 0.120 e. The van der Waals surface area contributed by atoms with Crippen LogP contribution in [-0.4, -0.2) is 45.9 Å². The topological polar surface area (TPSA) is 54.5 Å². The van der Waals surface area contributed by atoms with Gasteiger partial charge < -0.3 is 14.2 Å². The second kappa shape index (κ2) is 7.40. The number of para-hydroxylation sites is 1. The molecule has 3 aliphatic heterocycles. The van der Waals surface area contributed by atoms with E-state index in [1.807, 2.05) is 24.6 Å². The third-order valence-electron chi connectivity index (χ3n) is 5.58. The highest BCUT2D eigenvalue weighted by molar-refractivity contribution is 7.80. The Morgan fingerprint density at radius 2 is 2.14 bits per heavy atom. The minimum Gasteiger partial charge on any atom is -0.494 e. The molecule has 0 fully saturated rings. The number of benzene rings is 1. The van der Waals surface area contributed by atoms with Crippen LogP contribution in [-0.2, 0) is 11.3 Å². The second-order valence-electron chi connectivity index (χ2n) is 7.32. The highest BCUT2D eigenvalue weighted by Gasteiger charge is 2.35. The Morgan fingerprint density at radius 1 is 1.21 bits per heavy atom. The lowest BCUT2D eigenvalue weighted by Gasteiger charge is -2.40. The third kappa shape index (κ3) is 3.21. The van der Waals surface area contributed by atoms with Gasteiger partial charge in [-0.05, 0) is 24.6 Å². The Labute approximate surface area is 174 Å². The van der Waals surface area contributed by atoms with Gasteiger partial charge in [-0.3, -0.25) is 9.98 Å². The van der Waals surface area contributed by atoms with Crippen LogP contribution in [0.1, 0.15) is 29.8 Å². The van der Waals surface area contributed by atoms with E-state index < -0.39 is 0 Å². The summed E-state index contributed by atoms with van der Waals surface area (Å²) in [6.45, 7) is 3.85. The predicted octanol–water partition coefficient (Wildman–Crippen LogP) is 3.89. The smallest absolute Gasteiger partial charge is 0.120 e. The van der Waals surface area contributed by atoms with Gasteiger partial charge in [-0.1, -0.05) is 30.4 Å². The molecule has 5 rings (SSSR count). The van der Waals surface area contributed by atoms with Crippen molar-refractivity contribution in [1.82, 2.24) is 9.47 Å². The van der Waals surface area contributed by atoms with E-state index in [1.54, 1.807) is 12.5 Å². The van der Waals surface area contributed by atoms with E-state index in [-0.39, 0.29) is 12.0 Å². The van der Waals surface area contributed by atoms with Crippen molar-refractivity contribution in [3.63, 3.8) is 0 Å². The van der Waals surface area contributed by atoms with Crippen LogP contribution in [0.15, 0.2) is 64.0 Å². The van der Waals surface area contributed by atoms with Gasteiger partial charge in [0.25, 0.3) is 0 Å². The van der Waals surface area contributed by atoms with Crippen LogP contribution in [0.5, 0.6) is 0 Å². The Balaban J connectivity index is 1.67. The average Bonchev–Trinajstić information content (AvgIpc) is 3.17. The van der Waals surface area contributed by atoms with Crippen molar-refractivity contribution in [3.8, 4) is 0 Å². The summed E-state index contributed by atoms with van der Waals surface area (Å²) in [7, 11) is 0. The summed E-state index contributed by atoms with van der Waals surface area (Å²) in [4.78, 5) is 17.0. The summed E-state index contributed by atoms with van der Waals surface area (Å²) in [6.07, 6.45) is 9.02. The van der Waals surface area contributed by atoms with E-state index >= 15 is 0 Å². The van der Waals surface area contributed by atoms with Crippen LogP contribution < -0.4 is 0 Å². The monoisotopic (exact) mass is 403 g/mol. The van der Waals surface area contributed by atoms with Gasteiger partial charge in [0, 0.05) is 29.4 Å². The molecule has 2 atom stereocenters. The summed E-state index contributed by atoms with van der Waals surface area (Å²) in [5.74, 6) is 0.829. The molecule has 0 saturated heterocycles. The minimum absolute atomic E-state index is 0.133. The van der Waals surface area contributed by atoms with E-state index in [9.17, 15) is 0 Å². The molecular formula is C22H21N5OS. The Kier molecular flexibility index (Phi) is 4.60. The molecule has 146 valence electrons. The number of amidine groups is 1. The fourth-order valence-electron chi connectivity index (χ4n) is 4.02. The predicted molar refractivity (Wildman–Crippen MR) is 119 cm³/mol. The van der Waals surface area contributed by atoms with Crippen molar-refractivity contribution in [1.29, 1.82) is 0 Å². The number of ether oxygens (including phenoxy) is 1. The van der Waals surface area contributed by atoms with Crippen LogP contribution in [0.3, 0.4) is 0 Å². The Bertz CT molecular complexity index is 1080. The summed E-state index contributed by atoms with van der Waals surface area (Å²) in [6, 6.07) is 10.7. The molecular weight excluding hydrogens is 382 g/mol. The van der Waals surface area contributed by atoms with Crippen molar-refractivity contribution in [3.05, 3.63) is 65.8 Å². The highest BCUT2D eigenvalue weighted by atomic mass is 32.1. The van der Waals surface area contributed by atoms with Gasteiger partial charge >= 0.3 is 0 Å². The van der Waals surface area contributed by atoms with Crippen LogP contribution in [0.2, 0.25) is 0 Å². The summed E-state index contributed by atoms with van der Waals surface area (Å²) in [5, 5.41) is 0. The zero-order chi connectivity index (χ0) is 19.8. The lowest BCUT2D eigenvalue weighted by Crippen LogP contribution is -2.46. The van der Waals surface area contributed by atoms with Crippen LogP contribution in [0, 0.1) is 5.92 Å². The van der Waals surface area contributed by atoms with E-state index in [1.165, 1.54) is 11.1 Å². The molecule has 1 aromatic heterocycles. The quantitative estimate of drug-likeness (QED) is 0.627. The van der Waals surface area contributed by atoms with Crippen LogP contribution in [0.4, 0.5) is 5.69 Å². The van der Waals surface area contributed by atoms with E-state index in [0.717, 1.165) is 28.6 Å². The van der Waals surface area contributed by atoms with Gasteiger partial charge in [-0.25, -0.2) is 4.99 Å². The fourth-order valence-corrected chi connectivity index (χ4v) is 4.26. The van der Waals surface area contributed by atoms with Crippen molar-refractivity contribution >= 4 is 41.0 Å². The molecule has 0 N–H and O–H groups in total. The van der Waals surface area contributed by atoms with Crippen molar-refractivity contribution in [2.45, 2.75) is 19.5 Å². The fraction of sp³-hybridized carbons (Fsp3) is 0.273. The minimum atomic E-state index is -0.133. The van der Waals surface area contributed by atoms with Crippen LogP contribution in [0.25, 0.3) is 0 Å². The molecule has 7 heteroatoms. The summed E-state index contributed by atoms with van der Waals surface area (Å²) in [5.41, 5.74) is 4.47. The Morgan fingerprint density at radius 3 is 3.07 bits per heavy atom. The van der Waals surface area contributed by atoms with Gasteiger partial charge in [-0.2, -0.15) is 0 Å². The largest absolute Gasteiger partial charge is 0.494 e. The van der Waals surface area contributed by atoms with Gasteiger partial charge in [0.05, 0.1) is 35.8 Å². The molecule has 0 radical (unpaired) electrons. The van der Waals surface area contributed by atoms with Crippen molar-refractivity contribution in [2.24, 2.45) is 20.9 Å². The van der Waals surface area contributed by atoms with Crippen molar-refractivity contribution in [2.75, 3.05) is 13.3 Å². The van der Waals surface area contributed by atoms with E-state index in [2.05, 4.69) is 50.8 Å². The van der Waals surface area contributed by atoms with Crippen molar-refractivity contribution < 1.29 is 4.74 Å². The standard InChI is InChI=1S/C22H21N5OS/c1-15-18-6-2-4-16-12-26-8-3-5-17(26)10-23-7-9-28-13-20(29)19-11-24-14-27(15)22(19)25-21(16)18/h2-11,15,19H,12-14H2,1H3. The lowest BCUT2D eigenvalue weighted by atomic mass is 9.94. The molecule has 2 bridgehead atoms. The number of hydrogen-bond acceptors (Lipinski definition) is 6. The maximum atomic E-state index is 5.67. The third-order valence-corrected chi connectivity index (χ3v) is 5.96. The summed E-state index contributed by atoms with van der Waals surface area (Å²) < 4.78 is 7.79. The molecule has 29 heavy (non-hydrogen) atoms. The zero-order valence-corrected chi connectivity index (χ0v) is 16.9. The first-order valence-corrected chi connectivity index (χ1v) is 10.1. The first-order chi connectivity index (χ1) is 14.2. The molecule has 0 saturated carbocycles. The molecule has 6 nitrogen and oxygen atoms in total. The zero-order valence-electron chi connectivity index (χ0n) is 16.1. The number of hydrogen-bond donors (Lipinski definition) is 0. The van der Waals surface area contributed by atoms with E-state index in [0.29, 0.717) is 13.3 Å². The van der Waals surface area contributed by atoms with E-state index in [4.69, 9.17) is 21.9 Å². The highest BCUT2D eigenvalue weighted by Crippen LogP contribution is 2.39. The number of fused-ring (bicyclic) bond motifs is 1. The normalized spacial score (nSPS) is 23.0. The SMILES string of the molecule is CC1c2cccc3c2N=C2C(C=NCN21)C(=S)COC=CN=Cc1cccn1C3. The van der Waals surface area contributed by atoms with Gasteiger partial charge in [0.15, 0.2) is 0 Å². The molecule has 0 amide bonds. The Hall–Kier alpha value is -3.06.